The monoisotopic (exact) mass is 413 g/mol. The predicted molar refractivity (Wildman–Crippen MR) is 116 cm³/mol. The molecule has 0 N–H and O–H groups in total. The quantitative estimate of drug-likeness (QED) is 0.736. The van der Waals surface area contributed by atoms with Crippen molar-refractivity contribution in [1.29, 1.82) is 0 Å². The lowest BCUT2D eigenvalue weighted by Gasteiger charge is -2.45. The molecule has 3 aliphatic rings. The number of anilines is 2. The Kier molecular flexibility index (Phi) is 4.87. The SMILES string of the molecule is CC(=O)N1CC2(CCN(C3CCN(c4ccsc4)CC3)CC2)c2cc(F)ccc21. The van der Waals surface area contributed by atoms with Crippen LogP contribution in [0.2, 0.25) is 0 Å². The highest BCUT2D eigenvalue weighted by molar-refractivity contribution is 7.08. The second-order valence-electron chi connectivity index (χ2n) is 8.78. The van der Waals surface area contributed by atoms with Gasteiger partial charge in [0.1, 0.15) is 5.82 Å². The number of nitrogens with zero attached hydrogens (tertiary/aromatic N) is 3. The maximum absolute atomic E-state index is 14.0. The fraction of sp³-hybridized carbons (Fsp3) is 0.522. The van der Waals surface area contributed by atoms with Crippen LogP contribution in [-0.4, -0.2) is 49.6 Å². The number of halogens is 1. The molecular formula is C23H28FN3OS. The fourth-order valence-corrected chi connectivity index (χ4v) is 6.26. The molecule has 0 radical (unpaired) electrons. The third-order valence-electron chi connectivity index (χ3n) is 7.27. The number of rotatable bonds is 2. The van der Waals surface area contributed by atoms with E-state index in [9.17, 15) is 9.18 Å². The van der Waals surface area contributed by atoms with Gasteiger partial charge in [0.15, 0.2) is 0 Å². The minimum absolute atomic E-state index is 0.0537. The van der Waals surface area contributed by atoms with Gasteiger partial charge in [0.2, 0.25) is 5.91 Å². The minimum Gasteiger partial charge on any atom is -0.371 e. The molecule has 0 saturated carbocycles. The smallest absolute Gasteiger partial charge is 0.223 e. The normalized spacial score (nSPS) is 22.3. The van der Waals surface area contributed by atoms with E-state index in [1.54, 1.807) is 30.4 Å². The van der Waals surface area contributed by atoms with Crippen molar-refractivity contribution in [3.63, 3.8) is 0 Å². The van der Waals surface area contributed by atoms with Crippen LogP contribution in [0.3, 0.4) is 0 Å². The van der Waals surface area contributed by atoms with Crippen LogP contribution in [0.25, 0.3) is 0 Å². The molecule has 5 rings (SSSR count). The fourth-order valence-electron chi connectivity index (χ4n) is 5.59. The highest BCUT2D eigenvalue weighted by Gasteiger charge is 2.46. The molecule has 29 heavy (non-hydrogen) atoms. The van der Waals surface area contributed by atoms with Crippen molar-refractivity contribution >= 4 is 28.6 Å². The molecule has 0 atom stereocenters. The van der Waals surface area contributed by atoms with Gasteiger partial charge < -0.3 is 14.7 Å². The molecule has 4 heterocycles. The van der Waals surface area contributed by atoms with Crippen molar-refractivity contribution < 1.29 is 9.18 Å². The number of hydrogen-bond acceptors (Lipinski definition) is 4. The standard InChI is InChI=1S/C23H28FN3OS/c1-17(28)27-16-23(21-14-18(24)2-3-22(21)27)7-11-26(12-8-23)19-4-9-25(10-5-19)20-6-13-29-15-20/h2-3,6,13-15,19H,4-5,7-12,16H2,1H3. The first kappa shape index (κ1) is 19.1. The molecule has 2 saturated heterocycles. The number of carbonyl (C=O) groups excluding carboxylic acids is 1. The van der Waals surface area contributed by atoms with Gasteiger partial charge in [-0.15, -0.1) is 0 Å². The first-order chi connectivity index (χ1) is 14.1. The molecule has 2 fully saturated rings. The van der Waals surface area contributed by atoms with Crippen molar-refractivity contribution in [3.8, 4) is 0 Å². The summed E-state index contributed by atoms with van der Waals surface area (Å²) in [5.74, 6) is -0.144. The first-order valence-corrected chi connectivity index (χ1v) is 11.6. The summed E-state index contributed by atoms with van der Waals surface area (Å²) in [4.78, 5) is 19.2. The van der Waals surface area contributed by atoms with Crippen LogP contribution in [0.15, 0.2) is 35.0 Å². The Morgan fingerprint density at radius 3 is 2.55 bits per heavy atom. The Hall–Kier alpha value is -1.92. The van der Waals surface area contributed by atoms with Crippen LogP contribution in [0.4, 0.5) is 15.8 Å². The number of piperidine rings is 2. The molecule has 0 aliphatic carbocycles. The van der Waals surface area contributed by atoms with Gasteiger partial charge in [0.25, 0.3) is 0 Å². The van der Waals surface area contributed by atoms with E-state index in [1.165, 1.54) is 24.6 Å². The molecule has 1 spiro atoms. The Morgan fingerprint density at radius 1 is 1.14 bits per heavy atom. The van der Waals surface area contributed by atoms with Crippen LogP contribution in [0.1, 0.15) is 38.2 Å². The average molecular weight is 414 g/mol. The Morgan fingerprint density at radius 2 is 1.90 bits per heavy atom. The maximum Gasteiger partial charge on any atom is 0.223 e. The van der Waals surface area contributed by atoms with E-state index in [4.69, 9.17) is 0 Å². The largest absolute Gasteiger partial charge is 0.371 e. The van der Waals surface area contributed by atoms with Crippen molar-refractivity contribution in [2.45, 2.75) is 44.1 Å². The van der Waals surface area contributed by atoms with Gasteiger partial charge in [-0.1, -0.05) is 0 Å². The third kappa shape index (κ3) is 3.36. The van der Waals surface area contributed by atoms with Crippen molar-refractivity contribution in [2.75, 3.05) is 42.5 Å². The van der Waals surface area contributed by atoms with Crippen LogP contribution >= 0.6 is 11.3 Å². The molecular weight excluding hydrogens is 385 g/mol. The third-order valence-corrected chi connectivity index (χ3v) is 7.94. The van der Waals surface area contributed by atoms with E-state index in [0.717, 1.165) is 50.3 Å². The van der Waals surface area contributed by atoms with Crippen molar-refractivity contribution in [3.05, 3.63) is 46.4 Å². The van der Waals surface area contributed by atoms with Gasteiger partial charge in [-0.25, -0.2) is 4.39 Å². The number of fused-ring (bicyclic) bond motifs is 2. The molecule has 0 bridgehead atoms. The lowest BCUT2D eigenvalue weighted by atomic mass is 9.74. The van der Waals surface area contributed by atoms with E-state index in [1.807, 2.05) is 4.90 Å². The summed E-state index contributed by atoms with van der Waals surface area (Å²) < 4.78 is 14.0. The van der Waals surface area contributed by atoms with E-state index >= 15 is 0 Å². The van der Waals surface area contributed by atoms with E-state index in [-0.39, 0.29) is 17.1 Å². The molecule has 3 aliphatic heterocycles. The molecule has 1 amide bonds. The molecule has 0 unspecified atom stereocenters. The van der Waals surface area contributed by atoms with Gasteiger partial charge in [-0.2, -0.15) is 11.3 Å². The zero-order chi connectivity index (χ0) is 20.0. The average Bonchev–Trinajstić information content (AvgIpc) is 3.37. The van der Waals surface area contributed by atoms with Crippen LogP contribution in [-0.2, 0) is 10.2 Å². The van der Waals surface area contributed by atoms with Gasteiger partial charge in [-0.05, 0) is 74.0 Å². The number of thiophene rings is 1. The summed E-state index contributed by atoms with van der Waals surface area (Å²) in [6.07, 6.45) is 4.40. The van der Waals surface area contributed by atoms with E-state index in [2.05, 4.69) is 26.6 Å². The lowest BCUT2D eigenvalue weighted by Crippen LogP contribution is -2.51. The highest BCUT2D eigenvalue weighted by atomic mass is 32.1. The first-order valence-electron chi connectivity index (χ1n) is 10.7. The second-order valence-corrected chi connectivity index (χ2v) is 9.56. The van der Waals surface area contributed by atoms with Crippen molar-refractivity contribution in [2.24, 2.45) is 0 Å². The van der Waals surface area contributed by atoms with Crippen LogP contribution < -0.4 is 9.80 Å². The molecule has 6 heteroatoms. The molecule has 154 valence electrons. The Balaban J connectivity index is 1.26. The van der Waals surface area contributed by atoms with Gasteiger partial charge in [0.05, 0.1) is 0 Å². The topological polar surface area (TPSA) is 26.8 Å². The van der Waals surface area contributed by atoms with Crippen LogP contribution in [0, 0.1) is 5.82 Å². The number of amides is 1. The second kappa shape index (κ2) is 7.40. The molecule has 1 aromatic carbocycles. The van der Waals surface area contributed by atoms with Gasteiger partial charge in [-0.3, -0.25) is 4.79 Å². The summed E-state index contributed by atoms with van der Waals surface area (Å²) in [6.45, 7) is 6.62. The lowest BCUT2D eigenvalue weighted by molar-refractivity contribution is -0.116. The predicted octanol–water partition coefficient (Wildman–Crippen LogP) is 4.26. The van der Waals surface area contributed by atoms with Crippen LogP contribution in [0.5, 0.6) is 0 Å². The Labute approximate surface area is 175 Å². The summed E-state index contributed by atoms with van der Waals surface area (Å²) in [6, 6.07) is 7.79. The van der Waals surface area contributed by atoms with Crippen molar-refractivity contribution in [1.82, 2.24) is 4.90 Å². The summed E-state index contributed by atoms with van der Waals surface area (Å²) in [5.41, 5.74) is 3.23. The number of likely N-dealkylation sites (tertiary alicyclic amines) is 1. The number of benzene rings is 1. The minimum atomic E-state index is -0.197. The van der Waals surface area contributed by atoms with E-state index in [0.29, 0.717) is 12.6 Å². The summed E-state index contributed by atoms with van der Waals surface area (Å²) in [5, 5.41) is 4.39. The Bertz CT molecular complexity index is 884. The zero-order valence-electron chi connectivity index (χ0n) is 16.9. The molecule has 4 nitrogen and oxygen atoms in total. The number of carbonyl (C=O) groups is 1. The van der Waals surface area contributed by atoms with Gasteiger partial charge in [0, 0.05) is 54.8 Å². The summed E-state index contributed by atoms with van der Waals surface area (Å²) in [7, 11) is 0. The maximum atomic E-state index is 14.0. The summed E-state index contributed by atoms with van der Waals surface area (Å²) >= 11 is 1.76. The zero-order valence-corrected chi connectivity index (χ0v) is 17.8. The van der Waals surface area contributed by atoms with Gasteiger partial charge >= 0.3 is 0 Å². The number of hydrogen-bond donors (Lipinski definition) is 0. The molecule has 2 aromatic rings. The molecule has 1 aromatic heterocycles. The highest BCUT2D eigenvalue weighted by Crippen LogP contribution is 2.47. The van der Waals surface area contributed by atoms with E-state index < -0.39 is 0 Å².